The zero-order valence-electron chi connectivity index (χ0n) is 11.0. The number of benzene rings is 1. The SMILES string of the molecule is COC(=O)C1CSCN1S(=O)(=O)c1ccc(F)cc1C. The minimum atomic E-state index is -3.85. The van der Waals surface area contributed by atoms with E-state index < -0.39 is 27.9 Å². The van der Waals surface area contributed by atoms with Gasteiger partial charge in [0.05, 0.1) is 17.9 Å². The molecule has 0 aromatic heterocycles. The smallest absolute Gasteiger partial charge is 0.325 e. The second kappa shape index (κ2) is 5.71. The van der Waals surface area contributed by atoms with Gasteiger partial charge in [-0.2, -0.15) is 4.31 Å². The van der Waals surface area contributed by atoms with Gasteiger partial charge < -0.3 is 4.74 Å². The summed E-state index contributed by atoms with van der Waals surface area (Å²) in [6.07, 6.45) is 0. The van der Waals surface area contributed by atoms with Crippen molar-refractivity contribution in [1.29, 1.82) is 0 Å². The Morgan fingerprint density at radius 3 is 2.80 bits per heavy atom. The number of hydrogen-bond donors (Lipinski definition) is 0. The van der Waals surface area contributed by atoms with Gasteiger partial charge in [-0.05, 0) is 30.7 Å². The Morgan fingerprint density at radius 1 is 1.50 bits per heavy atom. The molecule has 0 spiro atoms. The molecule has 0 radical (unpaired) electrons. The van der Waals surface area contributed by atoms with Crippen molar-refractivity contribution >= 4 is 27.8 Å². The molecule has 1 aliphatic rings. The van der Waals surface area contributed by atoms with Gasteiger partial charge in [0.1, 0.15) is 11.9 Å². The van der Waals surface area contributed by atoms with E-state index in [0.717, 1.165) is 16.4 Å². The predicted molar refractivity (Wildman–Crippen MR) is 73.3 cm³/mol. The van der Waals surface area contributed by atoms with Crippen molar-refractivity contribution in [2.24, 2.45) is 0 Å². The van der Waals surface area contributed by atoms with Gasteiger partial charge in [-0.3, -0.25) is 4.79 Å². The zero-order valence-corrected chi connectivity index (χ0v) is 12.6. The highest BCUT2D eigenvalue weighted by molar-refractivity contribution is 8.00. The summed E-state index contributed by atoms with van der Waals surface area (Å²) in [6.45, 7) is 1.52. The molecule has 0 amide bonds. The van der Waals surface area contributed by atoms with Crippen LogP contribution >= 0.6 is 11.8 Å². The van der Waals surface area contributed by atoms with E-state index in [9.17, 15) is 17.6 Å². The Morgan fingerprint density at radius 2 is 2.20 bits per heavy atom. The number of hydrogen-bond acceptors (Lipinski definition) is 5. The highest BCUT2D eigenvalue weighted by atomic mass is 32.2. The van der Waals surface area contributed by atoms with Crippen LogP contribution in [0.4, 0.5) is 4.39 Å². The number of esters is 1. The van der Waals surface area contributed by atoms with Gasteiger partial charge in [0.15, 0.2) is 0 Å². The van der Waals surface area contributed by atoms with E-state index in [1.807, 2.05) is 0 Å². The van der Waals surface area contributed by atoms with E-state index in [2.05, 4.69) is 4.74 Å². The van der Waals surface area contributed by atoms with Crippen molar-refractivity contribution in [2.45, 2.75) is 17.9 Å². The Bertz CT molecular complexity index is 632. The first kappa shape index (κ1) is 15.3. The molecule has 1 unspecified atom stereocenters. The fourth-order valence-corrected chi connectivity index (χ4v) is 5.35. The van der Waals surface area contributed by atoms with Crippen LogP contribution in [0.5, 0.6) is 0 Å². The average molecular weight is 319 g/mol. The minimum absolute atomic E-state index is 0.00954. The summed E-state index contributed by atoms with van der Waals surface area (Å²) in [5.74, 6) is -0.550. The van der Waals surface area contributed by atoms with Crippen LogP contribution in [0.25, 0.3) is 0 Å². The lowest BCUT2D eigenvalue weighted by Gasteiger charge is -2.22. The van der Waals surface area contributed by atoms with Crippen LogP contribution < -0.4 is 0 Å². The predicted octanol–water partition coefficient (Wildman–Crippen LogP) is 1.37. The number of carbonyl (C=O) groups excluding carboxylic acids is 1. The summed E-state index contributed by atoms with van der Waals surface area (Å²) in [5, 5.41) is 0. The first-order valence-corrected chi connectivity index (χ1v) is 8.41. The van der Waals surface area contributed by atoms with Gasteiger partial charge in [-0.25, -0.2) is 12.8 Å². The lowest BCUT2D eigenvalue weighted by atomic mass is 10.2. The zero-order chi connectivity index (χ0) is 14.9. The van der Waals surface area contributed by atoms with Gasteiger partial charge in [-0.1, -0.05) is 0 Å². The van der Waals surface area contributed by atoms with Crippen LogP contribution in [0, 0.1) is 12.7 Å². The Balaban J connectivity index is 2.41. The van der Waals surface area contributed by atoms with E-state index in [1.165, 1.54) is 31.9 Å². The Labute approximate surface area is 121 Å². The molecule has 1 saturated heterocycles. The summed E-state index contributed by atoms with van der Waals surface area (Å²) in [5.41, 5.74) is 0.311. The molecule has 1 fully saturated rings. The van der Waals surface area contributed by atoms with Crippen LogP contribution in [0.15, 0.2) is 23.1 Å². The lowest BCUT2D eigenvalue weighted by molar-refractivity contribution is -0.143. The molecule has 0 N–H and O–H groups in total. The maximum atomic E-state index is 13.1. The molecule has 1 aliphatic heterocycles. The molecule has 1 aromatic carbocycles. The third-order valence-electron chi connectivity index (χ3n) is 3.04. The molecule has 0 bridgehead atoms. The quantitative estimate of drug-likeness (QED) is 0.788. The number of halogens is 1. The van der Waals surface area contributed by atoms with E-state index in [-0.39, 0.29) is 10.8 Å². The molecule has 1 aromatic rings. The van der Waals surface area contributed by atoms with Gasteiger partial charge >= 0.3 is 5.97 Å². The van der Waals surface area contributed by atoms with Crippen LogP contribution in [-0.2, 0) is 19.6 Å². The molecule has 20 heavy (non-hydrogen) atoms. The van der Waals surface area contributed by atoms with Crippen molar-refractivity contribution in [3.8, 4) is 0 Å². The van der Waals surface area contributed by atoms with E-state index in [0.29, 0.717) is 11.3 Å². The summed E-state index contributed by atoms with van der Waals surface area (Å²) < 4.78 is 44.0. The number of methoxy groups -OCH3 is 1. The second-order valence-corrected chi connectivity index (χ2v) is 7.20. The summed E-state index contributed by atoms with van der Waals surface area (Å²) >= 11 is 1.34. The molecule has 1 heterocycles. The first-order valence-electron chi connectivity index (χ1n) is 5.81. The van der Waals surface area contributed by atoms with Gasteiger partial charge in [0.2, 0.25) is 10.0 Å². The molecule has 0 saturated carbocycles. The highest BCUT2D eigenvalue weighted by Crippen LogP contribution is 2.30. The molecule has 2 rings (SSSR count). The number of sulfonamides is 1. The van der Waals surface area contributed by atoms with Gasteiger partial charge in [0.25, 0.3) is 0 Å². The molecular formula is C12H14FNO4S2. The maximum absolute atomic E-state index is 13.1. The molecule has 110 valence electrons. The summed E-state index contributed by atoms with van der Waals surface area (Å²) in [6, 6.07) is 2.64. The summed E-state index contributed by atoms with van der Waals surface area (Å²) in [7, 11) is -2.62. The van der Waals surface area contributed by atoms with Gasteiger partial charge in [-0.15, -0.1) is 11.8 Å². The fourth-order valence-electron chi connectivity index (χ4n) is 2.01. The maximum Gasteiger partial charge on any atom is 0.325 e. The Kier molecular flexibility index (Phi) is 4.36. The molecular weight excluding hydrogens is 305 g/mol. The van der Waals surface area contributed by atoms with Crippen LogP contribution in [-0.4, -0.2) is 43.5 Å². The number of carbonyl (C=O) groups is 1. The van der Waals surface area contributed by atoms with E-state index >= 15 is 0 Å². The van der Waals surface area contributed by atoms with E-state index in [4.69, 9.17) is 0 Å². The molecule has 8 heteroatoms. The topological polar surface area (TPSA) is 63.7 Å². The largest absolute Gasteiger partial charge is 0.468 e. The van der Waals surface area contributed by atoms with Crippen molar-refractivity contribution in [1.82, 2.24) is 4.31 Å². The van der Waals surface area contributed by atoms with Crippen LogP contribution in [0.1, 0.15) is 5.56 Å². The number of rotatable bonds is 3. The monoisotopic (exact) mass is 319 g/mol. The van der Waals surface area contributed by atoms with Crippen LogP contribution in [0.3, 0.4) is 0 Å². The third-order valence-corrected chi connectivity index (χ3v) is 6.23. The fraction of sp³-hybridized carbons (Fsp3) is 0.417. The number of aryl methyl sites for hydroxylation is 1. The molecule has 1 atom stereocenters. The minimum Gasteiger partial charge on any atom is -0.468 e. The third kappa shape index (κ3) is 2.68. The van der Waals surface area contributed by atoms with Crippen molar-refractivity contribution in [3.63, 3.8) is 0 Å². The molecule has 5 nitrogen and oxygen atoms in total. The summed E-state index contributed by atoms with van der Waals surface area (Å²) in [4.78, 5) is 11.6. The van der Waals surface area contributed by atoms with Crippen molar-refractivity contribution < 1.29 is 22.3 Å². The van der Waals surface area contributed by atoms with Crippen LogP contribution in [0.2, 0.25) is 0 Å². The second-order valence-electron chi connectivity index (χ2n) is 4.34. The first-order chi connectivity index (χ1) is 9.37. The lowest BCUT2D eigenvalue weighted by Crippen LogP contribution is -2.42. The average Bonchev–Trinajstić information content (AvgIpc) is 2.87. The molecule has 0 aliphatic carbocycles. The highest BCUT2D eigenvalue weighted by Gasteiger charge is 2.41. The number of ether oxygens (including phenoxy) is 1. The number of thioether (sulfide) groups is 1. The normalized spacial score (nSPS) is 20.1. The van der Waals surface area contributed by atoms with Crippen molar-refractivity contribution in [2.75, 3.05) is 18.7 Å². The Hall–Kier alpha value is -1.12. The van der Waals surface area contributed by atoms with E-state index in [1.54, 1.807) is 0 Å². The number of nitrogens with zero attached hydrogens (tertiary/aromatic N) is 1. The van der Waals surface area contributed by atoms with Gasteiger partial charge in [0, 0.05) is 5.75 Å². The standard InChI is InChI=1S/C12H14FNO4S2/c1-8-5-9(13)3-4-11(8)20(16,17)14-7-19-6-10(14)12(15)18-2/h3-5,10H,6-7H2,1-2H3. The van der Waals surface area contributed by atoms with Crippen molar-refractivity contribution in [3.05, 3.63) is 29.6 Å².